The van der Waals surface area contributed by atoms with Crippen LogP contribution in [0.15, 0.2) is 48.1 Å². The summed E-state index contributed by atoms with van der Waals surface area (Å²) in [6, 6.07) is 8.21. The summed E-state index contributed by atoms with van der Waals surface area (Å²) in [5.41, 5.74) is 3.77. The zero-order valence-corrected chi connectivity index (χ0v) is 19.2. The molecule has 0 radical (unpaired) electrons. The van der Waals surface area contributed by atoms with E-state index in [0.717, 1.165) is 37.7 Å². The van der Waals surface area contributed by atoms with Crippen molar-refractivity contribution >= 4 is 5.91 Å². The lowest BCUT2D eigenvalue weighted by molar-refractivity contribution is -0.121. The van der Waals surface area contributed by atoms with Crippen LogP contribution in [0.2, 0.25) is 0 Å². The molecule has 2 aliphatic rings. The van der Waals surface area contributed by atoms with Crippen molar-refractivity contribution in [3.05, 3.63) is 59.2 Å². The van der Waals surface area contributed by atoms with Crippen LogP contribution in [0.25, 0.3) is 0 Å². The number of aliphatic hydroxyl groups is 3. The normalized spacial score (nSPS) is 25.7. The predicted molar refractivity (Wildman–Crippen MR) is 127 cm³/mol. The molecule has 5 nitrogen and oxygen atoms in total. The van der Waals surface area contributed by atoms with E-state index in [2.05, 4.69) is 30.4 Å². The molecule has 1 aromatic carbocycles. The summed E-state index contributed by atoms with van der Waals surface area (Å²) in [7, 11) is 0. The number of unbranched alkanes of at least 4 members (excludes halogenated alkanes) is 1. The Morgan fingerprint density at radius 2 is 2.12 bits per heavy atom. The fraction of sp³-hybridized carbons (Fsp3) is 0.593. The van der Waals surface area contributed by atoms with Gasteiger partial charge in [0.25, 0.3) is 0 Å². The number of aliphatic hydroxyl groups excluding tert-OH is 3. The highest BCUT2D eigenvalue weighted by Gasteiger charge is 2.43. The first-order valence-electron chi connectivity index (χ1n) is 12.1. The van der Waals surface area contributed by atoms with Gasteiger partial charge in [0.1, 0.15) is 0 Å². The van der Waals surface area contributed by atoms with Crippen LogP contribution in [-0.4, -0.2) is 46.6 Å². The van der Waals surface area contributed by atoms with Crippen LogP contribution in [0.3, 0.4) is 0 Å². The number of benzene rings is 1. The van der Waals surface area contributed by atoms with E-state index in [0.29, 0.717) is 37.6 Å². The van der Waals surface area contributed by atoms with Crippen molar-refractivity contribution < 1.29 is 20.1 Å². The topological polar surface area (TPSA) is 89.8 Å². The van der Waals surface area contributed by atoms with Gasteiger partial charge in [-0.1, -0.05) is 53.6 Å². The maximum Gasteiger partial charge on any atom is 0.219 e. The van der Waals surface area contributed by atoms with Crippen molar-refractivity contribution in [2.24, 2.45) is 17.8 Å². The third-order valence-electron chi connectivity index (χ3n) is 6.84. The smallest absolute Gasteiger partial charge is 0.219 e. The lowest BCUT2D eigenvalue weighted by Crippen LogP contribution is -2.24. The molecular weight excluding hydrogens is 402 g/mol. The molecule has 0 spiro atoms. The second-order valence-corrected chi connectivity index (χ2v) is 9.52. The Balaban J connectivity index is 1.41. The fourth-order valence-electron chi connectivity index (χ4n) is 5.23. The second-order valence-electron chi connectivity index (χ2n) is 9.52. The summed E-state index contributed by atoms with van der Waals surface area (Å²) >= 11 is 0. The van der Waals surface area contributed by atoms with Gasteiger partial charge in [-0.2, -0.15) is 0 Å². The second kappa shape index (κ2) is 12.3. The minimum Gasteiger partial charge on any atom is -0.396 e. The number of hydrogen-bond acceptors (Lipinski definition) is 4. The van der Waals surface area contributed by atoms with E-state index in [1.807, 2.05) is 24.3 Å². The fourth-order valence-corrected chi connectivity index (χ4v) is 5.23. The van der Waals surface area contributed by atoms with Crippen molar-refractivity contribution in [2.45, 2.75) is 70.5 Å². The number of aryl methyl sites for hydroxylation is 1. The quantitative estimate of drug-likeness (QED) is 0.295. The highest BCUT2D eigenvalue weighted by Crippen LogP contribution is 2.48. The van der Waals surface area contributed by atoms with Crippen molar-refractivity contribution in [3.8, 4) is 0 Å². The zero-order chi connectivity index (χ0) is 22.9. The Morgan fingerprint density at radius 3 is 2.91 bits per heavy atom. The molecule has 0 aliphatic heterocycles. The van der Waals surface area contributed by atoms with Crippen LogP contribution in [0.1, 0.15) is 56.1 Å². The molecule has 1 amide bonds. The monoisotopic (exact) mass is 441 g/mol. The van der Waals surface area contributed by atoms with E-state index in [1.54, 1.807) is 0 Å². The number of amides is 1. The maximum atomic E-state index is 11.7. The number of allylic oxidation sites excluding steroid dienone is 2. The summed E-state index contributed by atoms with van der Waals surface area (Å²) in [5, 5.41) is 32.6. The van der Waals surface area contributed by atoms with Crippen molar-refractivity contribution in [2.75, 3.05) is 13.2 Å². The van der Waals surface area contributed by atoms with Crippen LogP contribution in [0.5, 0.6) is 0 Å². The van der Waals surface area contributed by atoms with Gasteiger partial charge < -0.3 is 20.6 Å². The van der Waals surface area contributed by atoms with Crippen LogP contribution in [-0.2, 0) is 11.2 Å². The average molecular weight is 442 g/mol. The van der Waals surface area contributed by atoms with E-state index >= 15 is 0 Å². The Morgan fingerprint density at radius 1 is 1.28 bits per heavy atom. The van der Waals surface area contributed by atoms with Gasteiger partial charge in [-0.25, -0.2) is 0 Å². The Bertz CT molecular complexity index is 803. The first-order chi connectivity index (χ1) is 15.5. The number of carbonyl (C=O) groups is 1. The van der Waals surface area contributed by atoms with Gasteiger partial charge in [0.2, 0.25) is 5.91 Å². The van der Waals surface area contributed by atoms with Gasteiger partial charge >= 0.3 is 0 Å². The Hall–Kier alpha value is -1.95. The highest BCUT2D eigenvalue weighted by molar-refractivity contribution is 5.75. The van der Waals surface area contributed by atoms with Gasteiger partial charge in [0.15, 0.2) is 0 Å². The molecule has 3 rings (SSSR count). The van der Waals surface area contributed by atoms with Gasteiger partial charge in [0, 0.05) is 31.9 Å². The Labute approximate surface area is 192 Å². The van der Waals surface area contributed by atoms with Crippen molar-refractivity contribution in [1.82, 2.24) is 5.32 Å². The minimum absolute atomic E-state index is 0.0632. The van der Waals surface area contributed by atoms with Crippen LogP contribution in [0, 0.1) is 24.7 Å². The molecule has 2 aliphatic carbocycles. The van der Waals surface area contributed by atoms with Crippen molar-refractivity contribution in [3.63, 3.8) is 0 Å². The minimum atomic E-state index is -0.541. The number of nitrogens with one attached hydrogen (secondary N) is 1. The Kier molecular flexibility index (Phi) is 9.51. The lowest BCUT2D eigenvalue weighted by atomic mass is 9.88. The van der Waals surface area contributed by atoms with Gasteiger partial charge in [0.05, 0.1) is 12.2 Å². The number of fused-ring (bicyclic) bond motifs is 1. The molecule has 0 heterocycles. The molecular formula is C27H39NO4. The van der Waals surface area contributed by atoms with Gasteiger partial charge in [-0.15, -0.1) is 0 Å². The zero-order valence-electron chi connectivity index (χ0n) is 19.2. The molecule has 1 aromatic rings. The van der Waals surface area contributed by atoms with E-state index in [4.69, 9.17) is 5.11 Å². The molecule has 32 heavy (non-hydrogen) atoms. The summed E-state index contributed by atoms with van der Waals surface area (Å²) in [6.07, 6.45) is 11.8. The van der Waals surface area contributed by atoms with Crippen LogP contribution >= 0.6 is 0 Å². The largest absolute Gasteiger partial charge is 0.396 e. The van der Waals surface area contributed by atoms with E-state index in [-0.39, 0.29) is 24.5 Å². The van der Waals surface area contributed by atoms with Gasteiger partial charge in [-0.05, 0) is 62.8 Å². The molecule has 0 aromatic heterocycles. The summed E-state index contributed by atoms with van der Waals surface area (Å²) in [4.78, 5) is 11.7. The van der Waals surface area contributed by atoms with Crippen LogP contribution in [0.4, 0.5) is 0 Å². The third-order valence-corrected chi connectivity index (χ3v) is 6.84. The molecule has 176 valence electrons. The predicted octanol–water partition coefficient (Wildman–Crippen LogP) is 3.46. The SMILES string of the molecule is Cc1cccc(C[C@H](O)C=C[C@@H]2[C@H]3CC(CCCCC(=O)NCCCO)=C[C@H]3C[C@H]2O)c1. The van der Waals surface area contributed by atoms with E-state index < -0.39 is 6.10 Å². The summed E-state index contributed by atoms with van der Waals surface area (Å²) in [6.45, 7) is 2.70. The molecule has 5 heteroatoms. The molecule has 0 unspecified atom stereocenters. The molecule has 4 N–H and O–H groups in total. The van der Waals surface area contributed by atoms with Crippen molar-refractivity contribution in [1.29, 1.82) is 0 Å². The third kappa shape index (κ3) is 7.29. The molecule has 1 fully saturated rings. The molecule has 1 saturated carbocycles. The standard InChI is InChI=1S/C27H39NO4/c1-19-6-4-8-20(14-19)16-23(30)10-11-24-25-17-21(15-22(25)18-26(24)31)7-2-3-9-27(32)28-12-5-13-29/h4,6,8,10-11,14-15,22-26,29-31H,2-3,5,7,9,12-13,16-18H2,1H3,(H,28,32)/t22-,23+,24+,25-,26+/m0/s1. The first-order valence-corrected chi connectivity index (χ1v) is 12.1. The molecule has 0 bridgehead atoms. The average Bonchev–Trinajstić information content (AvgIpc) is 3.26. The van der Waals surface area contributed by atoms with E-state index in [1.165, 1.54) is 11.1 Å². The molecule has 5 atom stereocenters. The molecule has 0 saturated heterocycles. The number of hydrogen-bond donors (Lipinski definition) is 4. The van der Waals surface area contributed by atoms with Gasteiger partial charge in [-0.3, -0.25) is 4.79 Å². The summed E-state index contributed by atoms with van der Waals surface area (Å²) < 4.78 is 0. The highest BCUT2D eigenvalue weighted by atomic mass is 16.3. The van der Waals surface area contributed by atoms with Crippen LogP contribution < -0.4 is 5.32 Å². The van der Waals surface area contributed by atoms with E-state index in [9.17, 15) is 15.0 Å². The lowest BCUT2D eigenvalue weighted by Gasteiger charge is -2.19. The maximum absolute atomic E-state index is 11.7. The first kappa shape index (κ1) is 24.7. The number of carbonyl (C=O) groups excluding carboxylic acids is 1. The number of rotatable bonds is 12. The summed E-state index contributed by atoms with van der Waals surface area (Å²) in [5.74, 6) is 1.00.